The molecular weight excluding hydrogens is 418 g/mol. The number of benzene rings is 2. The molecule has 166 valence electrons. The second-order valence-corrected chi connectivity index (χ2v) is 9.08. The predicted molar refractivity (Wildman–Crippen MR) is 131 cm³/mol. The van der Waals surface area contributed by atoms with Gasteiger partial charge < -0.3 is 9.88 Å². The molecule has 0 bridgehead atoms. The highest BCUT2D eigenvalue weighted by atomic mass is 32.2. The van der Waals surface area contributed by atoms with Crippen LogP contribution in [0.25, 0.3) is 22.1 Å². The summed E-state index contributed by atoms with van der Waals surface area (Å²) >= 11 is 1.56. The number of nitrogens with zero attached hydrogens (tertiary/aromatic N) is 4. The van der Waals surface area contributed by atoms with Gasteiger partial charge in [0.25, 0.3) is 0 Å². The lowest BCUT2D eigenvalue weighted by atomic mass is 10.1. The SMILES string of the molecule is CCCCNC(=O)CCCSc1nnc2c3cc(C)ccc3n(Cc3ccccc3)c2n1. The molecule has 7 heteroatoms. The summed E-state index contributed by atoms with van der Waals surface area (Å²) in [7, 11) is 0. The van der Waals surface area contributed by atoms with Gasteiger partial charge in [0, 0.05) is 30.6 Å². The normalized spacial score (nSPS) is 11.3. The van der Waals surface area contributed by atoms with Gasteiger partial charge in [-0.1, -0.05) is 67.1 Å². The van der Waals surface area contributed by atoms with E-state index < -0.39 is 0 Å². The van der Waals surface area contributed by atoms with Crippen LogP contribution in [0.5, 0.6) is 0 Å². The van der Waals surface area contributed by atoms with Crippen molar-refractivity contribution in [2.24, 2.45) is 0 Å². The molecule has 2 aromatic carbocycles. The zero-order valence-electron chi connectivity index (χ0n) is 18.7. The van der Waals surface area contributed by atoms with Crippen LogP contribution >= 0.6 is 11.8 Å². The largest absolute Gasteiger partial charge is 0.356 e. The maximum Gasteiger partial charge on any atom is 0.220 e. The third-order valence-corrected chi connectivity index (χ3v) is 6.34. The Morgan fingerprint density at radius 2 is 1.94 bits per heavy atom. The maximum absolute atomic E-state index is 11.9. The fourth-order valence-corrected chi connectivity index (χ4v) is 4.45. The molecular formula is C25H29N5OS. The molecule has 0 unspecified atom stereocenters. The highest BCUT2D eigenvalue weighted by molar-refractivity contribution is 7.99. The molecule has 0 saturated carbocycles. The highest BCUT2D eigenvalue weighted by Crippen LogP contribution is 2.29. The third-order valence-electron chi connectivity index (χ3n) is 5.42. The van der Waals surface area contributed by atoms with Crippen LogP contribution in [-0.4, -0.2) is 38.0 Å². The van der Waals surface area contributed by atoms with Gasteiger partial charge in [0.15, 0.2) is 5.65 Å². The van der Waals surface area contributed by atoms with Crippen LogP contribution in [0.4, 0.5) is 0 Å². The van der Waals surface area contributed by atoms with Crippen molar-refractivity contribution in [2.45, 2.75) is 51.2 Å². The van der Waals surface area contributed by atoms with E-state index in [1.165, 1.54) is 11.1 Å². The van der Waals surface area contributed by atoms with E-state index in [2.05, 4.69) is 76.4 Å². The van der Waals surface area contributed by atoms with E-state index in [-0.39, 0.29) is 5.91 Å². The fourth-order valence-electron chi connectivity index (χ4n) is 3.73. The predicted octanol–water partition coefficient (Wildman–Crippen LogP) is 5.12. The van der Waals surface area contributed by atoms with Crippen molar-refractivity contribution in [2.75, 3.05) is 12.3 Å². The van der Waals surface area contributed by atoms with Gasteiger partial charge >= 0.3 is 0 Å². The summed E-state index contributed by atoms with van der Waals surface area (Å²) in [6.07, 6.45) is 3.43. The second kappa shape index (κ2) is 10.6. The van der Waals surface area contributed by atoms with E-state index in [0.29, 0.717) is 11.6 Å². The van der Waals surface area contributed by atoms with Crippen molar-refractivity contribution in [3.63, 3.8) is 0 Å². The fraction of sp³-hybridized carbons (Fsp3) is 0.360. The van der Waals surface area contributed by atoms with Crippen molar-refractivity contribution in [1.29, 1.82) is 0 Å². The van der Waals surface area contributed by atoms with E-state index in [9.17, 15) is 4.79 Å². The van der Waals surface area contributed by atoms with Crippen LogP contribution in [0.1, 0.15) is 43.7 Å². The quantitative estimate of drug-likeness (QED) is 0.270. The molecule has 0 radical (unpaired) electrons. The van der Waals surface area contributed by atoms with Crippen LogP contribution in [0.15, 0.2) is 53.7 Å². The average molecular weight is 448 g/mol. The first-order valence-electron chi connectivity index (χ1n) is 11.2. The second-order valence-electron chi connectivity index (χ2n) is 8.01. The molecule has 4 rings (SSSR count). The molecule has 0 saturated heterocycles. The molecule has 0 atom stereocenters. The first-order chi connectivity index (χ1) is 15.7. The van der Waals surface area contributed by atoms with Crippen LogP contribution in [0, 0.1) is 6.92 Å². The van der Waals surface area contributed by atoms with Gasteiger partial charge in [0.2, 0.25) is 11.1 Å². The van der Waals surface area contributed by atoms with Gasteiger partial charge in [-0.25, -0.2) is 4.98 Å². The Bertz CT molecular complexity index is 1210. The summed E-state index contributed by atoms with van der Waals surface area (Å²) in [4.78, 5) is 16.7. The van der Waals surface area contributed by atoms with Gasteiger partial charge in [-0.05, 0) is 37.5 Å². The van der Waals surface area contributed by atoms with E-state index in [0.717, 1.165) is 60.2 Å². The Kier molecular flexibility index (Phi) is 7.37. The molecule has 0 spiro atoms. The van der Waals surface area contributed by atoms with Crippen LogP contribution in [0.2, 0.25) is 0 Å². The van der Waals surface area contributed by atoms with Gasteiger partial charge in [0.1, 0.15) is 5.52 Å². The van der Waals surface area contributed by atoms with E-state index in [1.807, 2.05) is 6.07 Å². The van der Waals surface area contributed by atoms with Gasteiger partial charge in [-0.2, -0.15) is 0 Å². The Morgan fingerprint density at radius 1 is 1.09 bits per heavy atom. The zero-order valence-corrected chi connectivity index (χ0v) is 19.5. The molecule has 6 nitrogen and oxygen atoms in total. The number of nitrogens with one attached hydrogen (secondary N) is 1. The summed E-state index contributed by atoms with van der Waals surface area (Å²) in [6, 6.07) is 16.8. The number of carbonyl (C=O) groups excluding carboxylic acids is 1. The topological polar surface area (TPSA) is 72.7 Å². The van der Waals surface area contributed by atoms with E-state index in [1.54, 1.807) is 11.8 Å². The minimum Gasteiger partial charge on any atom is -0.356 e. The van der Waals surface area contributed by atoms with Crippen molar-refractivity contribution in [3.05, 3.63) is 59.7 Å². The molecule has 0 fully saturated rings. The van der Waals surface area contributed by atoms with Gasteiger partial charge in [-0.3, -0.25) is 4.79 Å². The van der Waals surface area contributed by atoms with Crippen molar-refractivity contribution in [1.82, 2.24) is 25.1 Å². The Morgan fingerprint density at radius 3 is 2.75 bits per heavy atom. The number of unbranched alkanes of at least 4 members (excludes halogenated alkanes) is 1. The number of amides is 1. The first kappa shape index (κ1) is 22.3. The lowest BCUT2D eigenvalue weighted by Gasteiger charge is -2.07. The Labute approximate surface area is 192 Å². The lowest BCUT2D eigenvalue weighted by molar-refractivity contribution is -0.121. The summed E-state index contributed by atoms with van der Waals surface area (Å²) in [5.41, 5.74) is 5.20. The molecule has 2 aromatic heterocycles. The van der Waals surface area contributed by atoms with E-state index >= 15 is 0 Å². The Balaban J connectivity index is 1.53. The molecule has 0 aliphatic rings. The highest BCUT2D eigenvalue weighted by Gasteiger charge is 2.15. The molecule has 4 aromatic rings. The molecule has 0 aliphatic carbocycles. The monoisotopic (exact) mass is 447 g/mol. The number of hydrogen-bond acceptors (Lipinski definition) is 5. The first-order valence-corrected chi connectivity index (χ1v) is 12.2. The number of aromatic nitrogens is 4. The average Bonchev–Trinajstić information content (AvgIpc) is 3.10. The molecule has 1 amide bonds. The van der Waals surface area contributed by atoms with Crippen LogP contribution in [0.3, 0.4) is 0 Å². The van der Waals surface area contributed by atoms with Crippen molar-refractivity contribution in [3.8, 4) is 0 Å². The van der Waals surface area contributed by atoms with Crippen LogP contribution in [-0.2, 0) is 11.3 Å². The minimum absolute atomic E-state index is 0.118. The molecule has 0 aliphatic heterocycles. The van der Waals surface area contributed by atoms with E-state index in [4.69, 9.17) is 4.98 Å². The zero-order chi connectivity index (χ0) is 22.3. The summed E-state index contributed by atoms with van der Waals surface area (Å²) in [5, 5.41) is 13.6. The van der Waals surface area contributed by atoms with Crippen molar-refractivity contribution >= 4 is 39.7 Å². The summed E-state index contributed by atoms with van der Waals surface area (Å²) < 4.78 is 2.22. The van der Waals surface area contributed by atoms with Crippen LogP contribution < -0.4 is 5.32 Å². The summed E-state index contributed by atoms with van der Waals surface area (Å²) in [6.45, 7) is 5.69. The van der Waals surface area contributed by atoms with Gasteiger partial charge in [0.05, 0.1) is 5.52 Å². The molecule has 2 heterocycles. The lowest BCUT2D eigenvalue weighted by Crippen LogP contribution is -2.24. The standard InChI is InChI=1S/C25H29N5OS/c1-3-4-14-26-22(31)11-8-15-32-25-27-24-23(28-29-25)20-16-18(2)12-13-21(20)30(24)17-19-9-6-5-7-10-19/h5-7,9-10,12-13,16H,3-4,8,11,14-15,17H2,1-2H3,(H,26,31). The number of thioether (sulfide) groups is 1. The number of fused-ring (bicyclic) bond motifs is 3. The third kappa shape index (κ3) is 5.27. The molecule has 1 N–H and O–H groups in total. The molecule has 32 heavy (non-hydrogen) atoms. The Hall–Kier alpha value is -2.93. The number of rotatable bonds is 10. The number of aryl methyl sites for hydroxylation is 1. The number of carbonyl (C=O) groups is 1. The van der Waals surface area contributed by atoms with Gasteiger partial charge in [-0.15, -0.1) is 10.2 Å². The smallest absolute Gasteiger partial charge is 0.220 e. The number of hydrogen-bond donors (Lipinski definition) is 1. The maximum atomic E-state index is 11.9. The van der Waals surface area contributed by atoms with Crippen molar-refractivity contribution < 1.29 is 4.79 Å². The summed E-state index contributed by atoms with van der Waals surface area (Å²) in [5.74, 6) is 0.902. The minimum atomic E-state index is 0.118.